The summed E-state index contributed by atoms with van der Waals surface area (Å²) in [6.45, 7) is 21.8. The number of benzene rings is 1. The highest BCUT2D eigenvalue weighted by atomic mass is 16.4. The second-order valence-corrected chi connectivity index (χ2v) is 17.5. The van der Waals surface area contributed by atoms with Crippen LogP contribution >= 0.6 is 0 Å². The standard InChI is InChI=1S/C41H58N2O4/c1-25(2)29-15-20-41(36(47)43-24-23-42-26(3)44)22-21-39(7)31(34(29)41)13-14-33-38(6)18-16-30(27-9-11-28(12-10-27)35(45)46)37(4,5)32(38)17-19-40(33,39)8/h9-12,16,29,31-34H,1,13-15,17-24H2,2-8H3,(H,42,44)(H,43,47)(H,45,46)/t29-,31+,32-,33+,34+,38-,39+,40+,41-/m0/s1. The van der Waals surface area contributed by atoms with E-state index < -0.39 is 5.97 Å². The number of aromatic carboxylic acids is 1. The third-order valence-electron chi connectivity index (χ3n) is 15.3. The van der Waals surface area contributed by atoms with Crippen molar-refractivity contribution in [3.8, 4) is 0 Å². The average molecular weight is 643 g/mol. The van der Waals surface area contributed by atoms with Crippen molar-refractivity contribution in [1.29, 1.82) is 0 Å². The molecule has 1 aromatic carbocycles. The van der Waals surface area contributed by atoms with E-state index in [1.165, 1.54) is 43.8 Å². The lowest BCUT2D eigenvalue weighted by atomic mass is 9.32. The van der Waals surface area contributed by atoms with E-state index in [0.717, 1.165) is 37.7 Å². The summed E-state index contributed by atoms with van der Waals surface area (Å²) in [6.07, 6.45) is 12.3. The molecule has 0 unspecified atom stereocenters. The van der Waals surface area contributed by atoms with Crippen LogP contribution in [0.4, 0.5) is 0 Å². The average Bonchev–Trinajstić information content (AvgIpc) is 3.41. The van der Waals surface area contributed by atoms with E-state index in [1.54, 1.807) is 12.1 Å². The molecule has 5 aliphatic rings. The fourth-order valence-corrected chi connectivity index (χ4v) is 13.0. The molecule has 2 amide bonds. The van der Waals surface area contributed by atoms with Crippen molar-refractivity contribution < 1.29 is 19.5 Å². The summed E-state index contributed by atoms with van der Waals surface area (Å²) in [6, 6.07) is 7.50. The summed E-state index contributed by atoms with van der Waals surface area (Å²) in [4.78, 5) is 37.1. The maximum atomic E-state index is 14.2. The van der Waals surface area contributed by atoms with Crippen LogP contribution in [0.3, 0.4) is 0 Å². The van der Waals surface area contributed by atoms with Crippen LogP contribution in [-0.2, 0) is 9.59 Å². The molecule has 0 aromatic heterocycles. The molecular formula is C41H58N2O4. The second-order valence-electron chi connectivity index (χ2n) is 17.5. The number of allylic oxidation sites excluding steroid dienone is 3. The topological polar surface area (TPSA) is 95.5 Å². The number of carboxylic acids is 1. The molecule has 256 valence electrons. The number of carbonyl (C=O) groups is 3. The van der Waals surface area contributed by atoms with Gasteiger partial charge >= 0.3 is 5.97 Å². The van der Waals surface area contributed by atoms with E-state index in [0.29, 0.717) is 48.2 Å². The van der Waals surface area contributed by atoms with Gasteiger partial charge in [-0.1, -0.05) is 65.0 Å². The highest BCUT2D eigenvalue weighted by Crippen LogP contribution is 2.77. The molecule has 0 bridgehead atoms. The Labute approximate surface area is 282 Å². The van der Waals surface area contributed by atoms with Crippen LogP contribution < -0.4 is 10.6 Å². The first-order valence-corrected chi connectivity index (χ1v) is 18.3. The van der Waals surface area contributed by atoms with Crippen molar-refractivity contribution >= 4 is 23.4 Å². The molecule has 6 rings (SSSR count). The quantitative estimate of drug-likeness (QED) is 0.206. The van der Waals surface area contributed by atoms with Crippen molar-refractivity contribution in [2.24, 2.45) is 56.7 Å². The molecule has 3 N–H and O–H groups in total. The van der Waals surface area contributed by atoms with Crippen LogP contribution in [0, 0.1) is 56.7 Å². The Morgan fingerprint density at radius 3 is 2.15 bits per heavy atom. The van der Waals surface area contributed by atoms with E-state index in [2.05, 4.69) is 64.8 Å². The predicted molar refractivity (Wildman–Crippen MR) is 187 cm³/mol. The van der Waals surface area contributed by atoms with E-state index in [1.807, 2.05) is 12.1 Å². The van der Waals surface area contributed by atoms with Crippen LogP contribution in [0.25, 0.3) is 5.57 Å². The van der Waals surface area contributed by atoms with Crippen LogP contribution in [-0.4, -0.2) is 36.0 Å². The predicted octanol–water partition coefficient (Wildman–Crippen LogP) is 8.29. The zero-order chi connectivity index (χ0) is 34.2. The number of nitrogens with one attached hydrogen (secondary N) is 2. The molecule has 0 spiro atoms. The molecule has 6 nitrogen and oxygen atoms in total. The van der Waals surface area contributed by atoms with E-state index in [9.17, 15) is 19.5 Å². The minimum atomic E-state index is -0.883. The number of amides is 2. The summed E-state index contributed by atoms with van der Waals surface area (Å²) in [5.41, 5.74) is 4.21. The van der Waals surface area contributed by atoms with Gasteiger partial charge in [-0.3, -0.25) is 9.59 Å². The second kappa shape index (κ2) is 11.6. The number of fused-ring (bicyclic) bond motifs is 7. The van der Waals surface area contributed by atoms with Crippen LogP contribution in [0.15, 0.2) is 42.5 Å². The van der Waals surface area contributed by atoms with Gasteiger partial charge in [0.25, 0.3) is 0 Å². The van der Waals surface area contributed by atoms with Crippen LogP contribution in [0.1, 0.15) is 122 Å². The van der Waals surface area contributed by atoms with E-state index >= 15 is 0 Å². The van der Waals surface area contributed by atoms with Gasteiger partial charge in [0.2, 0.25) is 11.8 Å². The molecule has 4 saturated carbocycles. The molecule has 1 aromatic rings. The largest absolute Gasteiger partial charge is 0.478 e. The summed E-state index contributed by atoms with van der Waals surface area (Å²) in [5, 5.41) is 15.6. The van der Waals surface area contributed by atoms with E-state index in [4.69, 9.17) is 0 Å². The van der Waals surface area contributed by atoms with Crippen molar-refractivity contribution in [3.05, 3.63) is 53.6 Å². The van der Waals surface area contributed by atoms with Gasteiger partial charge < -0.3 is 15.7 Å². The number of hydrogen-bond acceptors (Lipinski definition) is 3. The first-order valence-electron chi connectivity index (χ1n) is 18.3. The Morgan fingerprint density at radius 1 is 0.830 bits per heavy atom. The van der Waals surface area contributed by atoms with Gasteiger partial charge in [0.1, 0.15) is 0 Å². The zero-order valence-electron chi connectivity index (χ0n) is 29.9. The number of hydrogen-bond donors (Lipinski definition) is 3. The molecular weight excluding hydrogens is 584 g/mol. The van der Waals surface area contributed by atoms with Crippen molar-refractivity contribution in [1.82, 2.24) is 10.6 Å². The number of carboxylic acid groups (broad SMARTS) is 1. The third kappa shape index (κ3) is 4.97. The fraction of sp³-hybridized carbons (Fsp3) is 0.683. The van der Waals surface area contributed by atoms with Crippen molar-refractivity contribution in [2.45, 2.75) is 106 Å². The molecule has 0 aliphatic heterocycles. The summed E-state index contributed by atoms with van der Waals surface area (Å²) in [5.74, 6) is 1.56. The van der Waals surface area contributed by atoms with Gasteiger partial charge in [-0.25, -0.2) is 4.79 Å². The summed E-state index contributed by atoms with van der Waals surface area (Å²) >= 11 is 0. The maximum Gasteiger partial charge on any atom is 0.335 e. The van der Waals surface area contributed by atoms with Crippen molar-refractivity contribution in [3.63, 3.8) is 0 Å². The Balaban J connectivity index is 1.31. The molecule has 5 aliphatic carbocycles. The number of carbonyl (C=O) groups excluding carboxylic acids is 2. The first-order chi connectivity index (χ1) is 22.0. The highest BCUT2D eigenvalue weighted by Gasteiger charge is 2.71. The molecule has 0 heterocycles. The maximum absolute atomic E-state index is 14.2. The molecule has 0 saturated heterocycles. The Kier molecular flexibility index (Phi) is 8.40. The highest BCUT2D eigenvalue weighted by molar-refractivity contribution is 5.88. The molecule has 6 heteroatoms. The minimum Gasteiger partial charge on any atom is -0.478 e. The smallest absolute Gasteiger partial charge is 0.335 e. The minimum absolute atomic E-state index is 0.0234. The zero-order valence-corrected chi connectivity index (χ0v) is 29.9. The van der Waals surface area contributed by atoms with Gasteiger partial charge in [-0.15, -0.1) is 0 Å². The first kappa shape index (κ1) is 34.0. The van der Waals surface area contributed by atoms with Crippen LogP contribution in [0.5, 0.6) is 0 Å². The monoisotopic (exact) mass is 642 g/mol. The Hall–Kier alpha value is -2.89. The van der Waals surface area contributed by atoms with Gasteiger partial charge in [0.15, 0.2) is 0 Å². The number of rotatable bonds is 7. The summed E-state index contributed by atoms with van der Waals surface area (Å²) < 4.78 is 0. The van der Waals surface area contributed by atoms with E-state index in [-0.39, 0.29) is 38.9 Å². The lowest BCUT2D eigenvalue weighted by Crippen LogP contribution is -2.66. The molecule has 0 radical (unpaired) electrons. The SMILES string of the molecule is C=C(C)[C@@H]1CC[C@]2(C(=O)NCCNC(C)=O)CC[C@]3(C)[C@H](CC[C@@H]4[C@@]5(C)CC=C(c6ccc(C(=O)O)cc6)C(C)(C)[C@@H]5CC[C@]43C)[C@@H]12. The Bertz CT molecular complexity index is 1490. The van der Waals surface area contributed by atoms with Crippen LogP contribution in [0.2, 0.25) is 0 Å². The normalized spacial score (nSPS) is 40.1. The fourth-order valence-electron chi connectivity index (χ4n) is 13.0. The van der Waals surface area contributed by atoms with Gasteiger partial charge in [0.05, 0.1) is 11.0 Å². The molecule has 47 heavy (non-hydrogen) atoms. The molecule has 9 atom stereocenters. The lowest BCUT2D eigenvalue weighted by Gasteiger charge is -2.72. The Morgan fingerprint density at radius 2 is 1.51 bits per heavy atom. The molecule has 4 fully saturated rings. The van der Waals surface area contributed by atoms with Gasteiger partial charge in [0, 0.05) is 20.0 Å². The van der Waals surface area contributed by atoms with Gasteiger partial charge in [-0.2, -0.15) is 0 Å². The summed E-state index contributed by atoms with van der Waals surface area (Å²) in [7, 11) is 0. The van der Waals surface area contributed by atoms with Gasteiger partial charge in [-0.05, 0) is 139 Å². The van der Waals surface area contributed by atoms with Crippen molar-refractivity contribution in [2.75, 3.05) is 13.1 Å². The lowest BCUT2D eigenvalue weighted by molar-refractivity contribution is -0.225. The third-order valence-corrected chi connectivity index (χ3v) is 15.3.